The molecule has 0 fully saturated rings. The number of quaternary nitrogens is 1. The number of hydrogen-bond acceptors (Lipinski definition) is 5. The lowest BCUT2D eigenvalue weighted by Crippen LogP contribution is -3.08. The van der Waals surface area contributed by atoms with Gasteiger partial charge in [-0.25, -0.2) is 4.98 Å². The van der Waals surface area contributed by atoms with Crippen LogP contribution in [0.1, 0.15) is 10.7 Å². The van der Waals surface area contributed by atoms with Crippen molar-refractivity contribution in [1.29, 1.82) is 0 Å². The second kappa shape index (κ2) is 7.30. The van der Waals surface area contributed by atoms with Gasteiger partial charge in [0, 0.05) is 22.5 Å². The molecule has 1 aromatic carbocycles. The van der Waals surface area contributed by atoms with Crippen LogP contribution in [0.3, 0.4) is 0 Å². The van der Waals surface area contributed by atoms with Gasteiger partial charge in [0.05, 0.1) is 7.05 Å². The summed E-state index contributed by atoms with van der Waals surface area (Å²) in [4.78, 5) is 29.8. The number of halogens is 1. The Morgan fingerprint density at radius 1 is 1.36 bits per heavy atom. The number of amides is 1. The van der Waals surface area contributed by atoms with Crippen molar-refractivity contribution in [2.75, 3.05) is 18.9 Å². The predicted octanol–water partition coefficient (Wildman–Crippen LogP) is 0.766. The van der Waals surface area contributed by atoms with Crippen LogP contribution in [0.2, 0.25) is 5.02 Å². The number of carbonyl (C=O) groups is 1. The van der Waals surface area contributed by atoms with Gasteiger partial charge in [-0.1, -0.05) is 22.9 Å². The number of aromatic nitrogens is 3. The first kappa shape index (κ1) is 17.5. The molecule has 1 unspecified atom stereocenters. The number of nitrogens with zero attached hydrogens (tertiary/aromatic N) is 3. The largest absolute Gasteiger partial charge is 0.324 e. The number of benzene rings is 1. The Morgan fingerprint density at radius 2 is 2.08 bits per heavy atom. The van der Waals surface area contributed by atoms with Gasteiger partial charge in [-0.05, 0) is 31.2 Å². The molecular weight excluding hydrogens is 362 g/mol. The van der Waals surface area contributed by atoms with Crippen LogP contribution in [-0.2, 0) is 11.3 Å². The van der Waals surface area contributed by atoms with Gasteiger partial charge in [0.2, 0.25) is 4.96 Å². The Hall–Kier alpha value is -2.29. The molecule has 1 amide bonds. The lowest BCUT2D eigenvalue weighted by atomic mass is 10.3. The number of likely N-dealkylation sites (N-methyl/N-ethyl adjacent to an activating group) is 1. The lowest BCUT2D eigenvalue weighted by Gasteiger charge is -2.12. The normalized spacial score (nSPS) is 12.3. The van der Waals surface area contributed by atoms with Gasteiger partial charge < -0.3 is 10.2 Å². The maximum atomic E-state index is 12.1. The molecule has 0 aliphatic heterocycles. The fourth-order valence-electron chi connectivity index (χ4n) is 2.36. The zero-order valence-electron chi connectivity index (χ0n) is 13.7. The second-order valence-electron chi connectivity index (χ2n) is 5.79. The predicted molar refractivity (Wildman–Crippen MR) is 97.4 cm³/mol. The lowest BCUT2D eigenvalue weighted by molar-refractivity contribution is -0.885. The monoisotopic (exact) mass is 378 g/mol. The molecule has 2 N–H and O–H groups in total. The van der Waals surface area contributed by atoms with Crippen molar-refractivity contribution in [3.8, 4) is 0 Å². The van der Waals surface area contributed by atoms with Gasteiger partial charge in [-0.15, -0.1) is 0 Å². The van der Waals surface area contributed by atoms with Crippen molar-refractivity contribution in [3.63, 3.8) is 0 Å². The van der Waals surface area contributed by atoms with Crippen LogP contribution in [0.4, 0.5) is 5.69 Å². The first-order valence-corrected chi connectivity index (χ1v) is 8.83. The van der Waals surface area contributed by atoms with Crippen LogP contribution in [-0.4, -0.2) is 34.1 Å². The molecule has 3 aromatic rings. The fourth-order valence-corrected chi connectivity index (χ4v) is 3.55. The van der Waals surface area contributed by atoms with Gasteiger partial charge in [-0.3, -0.25) is 9.59 Å². The molecule has 2 heterocycles. The van der Waals surface area contributed by atoms with Gasteiger partial charge >= 0.3 is 0 Å². The average Bonchev–Trinajstić information content (AvgIpc) is 2.91. The summed E-state index contributed by atoms with van der Waals surface area (Å²) in [5.74, 6) is -0.105. The maximum Gasteiger partial charge on any atom is 0.279 e. The summed E-state index contributed by atoms with van der Waals surface area (Å²) in [6, 6.07) is 8.41. The average molecular weight is 379 g/mol. The number of aryl methyl sites for hydroxylation is 1. The number of anilines is 1. The van der Waals surface area contributed by atoms with E-state index in [1.165, 1.54) is 21.9 Å². The second-order valence-corrected chi connectivity index (χ2v) is 7.27. The molecule has 0 radical (unpaired) electrons. The standard InChI is InChI=1S/C16H16ClN5O2S/c1-10-7-15(24)22-16(18-10)25-14(20-22)9-21(2)8-13(23)19-12-5-3-11(17)4-6-12/h3-7H,8-9H2,1-2H3,(H,19,23)/p+1. The Balaban J connectivity index is 1.63. The van der Waals surface area contributed by atoms with E-state index in [0.29, 0.717) is 27.9 Å². The minimum atomic E-state index is -0.192. The molecule has 0 aliphatic carbocycles. The van der Waals surface area contributed by atoms with Crippen molar-refractivity contribution in [1.82, 2.24) is 14.6 Å². The van der Waals surface area contributed by atoms with E-state index in [1.807, 2.05) is 7.05 Å². The zero-order chi connectivity index (χ0) is 18.0. The van der Waals surface area contributed by atoms with E-state index in [2.05, 4.69) is 15.4 Å². The first-order valence-electron chi connectivity index (χ1n) is 7.64. The van der Waals surface area contributed by atoms with Crippen LogP contribution in [0.5, 0.6) is 0 Å². The molecule has 7 nitrogen and oxygen atoms in total. The van der Waals surface area contributed by atoms with E-state index >= 15 is 0 Å². The summed E-state index contributed by atoms with van der Waals surface area (Å²) in [7, 11) is 1.90. The Bertz CT molecular complexity index is 967. The molecule has 1 atom stereocenters. The molecule has 9 heteroatoms. The van der Waals surface area contributed by atoms with E-state index in [-0.39, 0.29) is 18.0 Å². The van der Waals surface area contributed by atoms with Crippen LogP contribution >= 0.6 is 22.9 Å². The van der Waals surface area contributed by atoms with E-state index < -0.39 is 0 Å². The van der Waals surface area contributed by atoms with Gasteiger partial charge in [0.25, 0.3) is 11.5 Å². The fraction of sp³-hybridized carbons (Fsp3) is 0.250. The van der Waals surface area contributed by atoms with E-state index in [1.54, 1.807) is 31.2 Å². The molecule has 2 aromatic heterocycles. The molecular formula is C16H17ClN5O2S+. The highest BCUT2D eigenvalue weighted by Gasteiger charge is 2.15. The van der Waals surface area contributed by atoms with Crippen LogP contribution in [0.25, 0.3) is 4.96 Å². The van der Waals surface area contributed by atoms with Crippen molar-refractivity contribution >= 4 is 39.5 Å². The van der Waals surface area contributed by atoms with Crippen molar-refractivity contribution in [2.45, 2.75) is 13.5 Å². The third-order valence-electron chi connectivity index (χ3n) is 3.46. The van der Waals surface area contributed by atoms with Crippen LogP contribution in [0.15, 0.2) is 35.1 Å². The Morgan fingerprint density at radius 3 is 2.80 bits per heavy atom. The summed E-state index contributed by atoms with van der Waals surface area (Å²) in [6.45, 7) is 2.58. The quantitative estimate of drug-likeness (QED) is 0.687. The van der Waals surface area contributed by atoms with Crippen molar-refractivity contribution < 1.29 is 9.69 Å². The summed E-state index contributed by atoms with van der Waals surface area (Å²) in [6.07, 6.45) is 0. The van der Waals surface area contributed by atoms with Crippen molar-refractivity contribution in [3.05, 3.63) is 56.4 Å². The molecule has 0 saturated carbocycles. The van der Waals surface area contributed by atoms with Crippen molar-refractivity contribution in [2.24, 2.45) is 0 Å². The molecule has 0 saturated heterocycles. The number of hydrogen-bond donors (Lipinski definition) is 2. The Kier molecular flexibility index (Phi) is 5.12. The molecule has 3 rings (SSSR count). The van der Waals surface area contributed by atoms with Gasteiger partial charge in [0.1, 0.15) is 6.54 Å². The summed E-state index contributed by atoms with van der Waals surface area (Å²) in [5.41, 5.74) is 1.18. The minimum absolute atomic E-state index is 0.105. The highest BCUT2D eigenvalue weighted by atomic mass is 35.5. The number of nitrogens with one attached hydrogen (secondary N) is 2. The van der Waals surface area contributed by atoms with E-state index in [9.17, 15) is 9.59 Å². The third-order valence-corrected chi connectivity index (χ3v) is 4.62. The maximum absolute atomic E-state index is 12.1. The summed E-state index contributed by atoms with van der Waals surface area (Å²) >= 11 is 7.19. The SMILES string of the molecule is Cc1cc(=O)n2nc(C[NH+](C)CC(=O)Nc3ccc(Cl)cc3)sc2n1. The highest BCUT2D eigenvalue weighted by Crippen LogP contribution is 2.13. The highest BCUT2D eigenvalue weighted by molar-refractivity contribution is 7.16. The molecule has 0 aliphatic rings. The number of rotatable bonds is 5. The molecule has 0 spiro atoms. The molecule has 0 bridgehead atoms. The smallest absolute Gasteiger partial charge is 0.279 e. The zero-order valence-corrected chi connectivity index (χ0v) is 15.3. The minimum Gasteiger partial charge on any atom is -0.324 e. The van der Waals surface area contributed by atoms with Gasteiger partial charge in [-0.2, -0.15) is 9.61 Å². The first-order chi connectivity index (χ1) is 11.9. The number of fused-ring (bicyclic) bond motifs is 1. The van der Waals surface area contributed by atoms with E-state index in [0.717, 1.165) is 9.91 Å². The third kappa shape index (κ3) is 4.41. The summed E-state index contributed by atoms with van der Waals surface area (Å²) < 4.78 is 1.30. The molecule has 25 heavy (non-hydrogen) atoms. The van der Waals surface area contributed by atoms with Gasteiger partial charge in [0.15, 0.2) is 11.6 Å². The van der Waals surface area contributed by atoms with E-state index in [4.69, 9.17) is 11.6 Å². The molecule has 130 valence electrons. The number of carbonyl (C=O) groups excluding carboxylic acids is 1. The Labute approximate surface area is 152 Å². The van der Waals surface area contributed by atoms with Crippen LogP contribution in [0, 0.1) is 6.92 Å². The summed E-state index contributed by atoms with van der Waals surface area (Å²) in [5, 5.41) is 8.49. The topological polar surface area (TPSA) is 80.8 Å². The van der Waals surface area contributed by atoms with Crippen LogP contribution < -0.4 is 15.8 Å².